The summed E-state index contributed by atoms with van der Waals surface area (Å²) in [5, 5.41) is 17.8. The predicted molar refractivity (Wildman–Crippen MR) is 60.0 cm³/mol. The molecule has 5 heteroatoms. The number of aromatic nitrogens is 3. The minimum Gasteiger partial charge on any atom is -0.396 e. The average Bonchev–Trinajstić information content (AvgIpc) is 2.66. The second-order valence-electron chi connectivity index (χ2n) is 3.58. The molecule has 0 aliphatic carbocycles. The molecule has 0 fully saturated rings. The summed E-state index contributed by atoms with van der Waals surface area (Å²) in [6.45, 7) is 0.707. The molecule has 0 aliphatic rings. The summed E-state index contributed by atoms with van der Waals surface area (Å²) >= 11 is 0. The van der Waals surface area contributed by atoms with Gasteiger partial charge in [0, 0.05) is 25.8 Å². The number of imidazole rings is 1. The monoisotopic (exact) mass is 221 g/mol. The minimum absolute atomic E-state index is 0.0637. The molecule has 2 aromatic rings. The van der Waals surface area contributed by atoms with Crippen LogP contribution in [0.3, 0.4) is 0 Å². The van der Waals surface area contributed by atoms with E-state index in [-0.39, 0.29) is 13.2 Å². The van der Waals surface area contributed by atoms with Crippen LogP contribution in [0.25, 0.3) is 11.2 Å². The minimum atomic E-state index is 0.0637. The van der Waals surface area contributed by atoms with Gasteiger partial charge in [-0.05, 0) is 18.6 Å². The van der Waals surface area contributed by atoms with Crippen molar-refractivity contribution in [1.29, 1.82) is 0 Å². The molecule has 0 spiro atoms. The summed E-state index contributed by atoms with van der Waals surface area (Å²) in [5.74, 6) is 0.872. The Balaban J connectivity index is 2.41. The molecule has 0 aliphatic heterocycles. The first-order valence-corrected chi connectivity index (χ1v) is 5.38. The molecular weight excluding hydrogens is 206 g/mol. The predicted octanol–water partition coefficient (Wildman–Crippen LogP) is 0.348. The first-order chi connectivity index (χ1) is 7.86. The molecule has 2 N–H and O–H groups in total. The number of pyridine rings is 1. The molecular formula is C11H15N3O2. The van der Waals surface area contributed by atoms with Crippen molar-refractivity contribution in [1.82, 2.24) is 14.5 Å². The molecule has 0 saturated heterocycles. The van der Waals surface area contributed by atoms with Gasteiger partial charge in [0.25, 0.3) is 0 Å². The second kappa shape index (κ2) is 5.05. The third kappa shape index (κ3) is 2.05. The average molecular weight is 221 g/mol. The van der Waals surface area contributed by atoms with Crippen LogP contribution in [0.15, 0.2) is 18.3 Å². The van der Waals surface area contributed by atoms with Gasteiger partial charge in [0.1, 0.15) is 11.3 Å². The van der Waals surface area contributed by atoms with E-state index in [0.29, 0.717) is 19.4 Å². The highest BCUT2D eigenvalue weighted by molar-refractivity contribution is 5.71. The van der Waals surface area contributed by atoms with E-state index in [1.54, 1.807) is 6.20 Å². The van der Waals surface area contributed by atoms with E-state index in [1.165, 1.54) is 0 Å². The first kappa shape index (κ1) is 11.0. The summed E-state index contributed by atoms with van der Waals surface area (Å²) in [7, 11) is 0. The first-order valence-electron chi connectivity index (χ1n) is 5.38. The molecule has 2 heterocycles. The van der Waals surface area contributed by atoms with Gasteiger partial charge in [-0.25, -0.2) is 9.97 Å². The zero-order valence-corrected chi connectivity index (χ0v) is 9.00. The number of fused-ring (bicyclic) bond motifs is 1. The fraction of sp³-hybridized carbons (Fsp3) is 0.455. The Kier molecular flexibility index (Phi) is 3.48. The summed E-state index contributed by atoms with van der Waals surface area (Å²) in [6.07, 6.45) is 3.09. The molecule has 86 valence electrons. The van der Waals surface area contributed by atoms with Gasteiger partial charge in [0.05, 0.1) is 6.61 Å². The van der Waals surface area contributed by atoms with Crippen LogP contribution in [0.5, 0.6) is 0 Å². The molecule has 0 radical (unpaired) electrons. The van der Waals surface area contributed by atoms with Crippen molar-refractivity contribution in [2.75, 3.05) is 13.2 Å². The second-order valence-corrected chi connectivity index (χ2v) is 3.58. The van der Waals surface area contributed by atoms with Gasteiger partial charge in [-0.3, -0.25) is 0 Å². The number of hydrogen-bond acceptors (Lipinski definition) is 4. The van der Waals surface area contributed by atoms with Gasteiger partial charge >= 0.3 is 0 Å². The molecule has 0 atom stereocenters. The number of rotatable bonds is 5. The van der Waals surface area contributed by atoms with Gasteiger partial charge in [-0.2, -0.15) is 0 Å². The molecule has 0 saturated carbocycles. The van der Waals surface area contributed by atoms with Crippen molar-refractivity contribution in [2.24, 2.45) is 0 Å². The van der Waals surface area contributed by atoms with Crippen LogP contribution in [0, 0.1) is 0 Å². The molecule has 0 unspecified atom stereocenters. The third-order valence-corrected chi connectivity index (χ3v) is 2.46. The van der Waals surface area contributed by atoms with Crippen LogP contribution in [0.1, 0.15) is 12.2 Å². The fourth-order valence-corrected chi connectivity index (χ4v) is 1.77. The van der Waals surface area contributed by atoms with Gasteiger partial charge in [0.15, 0.2) is 5.65 Å². The Morgan fingerprint density at radius 2 is 2.12 bits per heavy atom. The lowest BCUT2D eigenvalue weighted by Gasteiger charge is -2.05. The van der Waals surface area contributed by atoms with Crippen molar-refractivity contribution in [2.45, 2.75) is 19.4 Å². The lowest BCUT2D eigenvalue weighted by Crippen LogP contribution is -2.08. The van der Waals surface area contributed by atoms with E-state index in [1.807, 2.05) is 16.7 Å². The van der Waals surface area contributed by atoms with Gasteiger partial charge in [0.2, 0.25) is 0 Å². The zero-order chi connectivity index (χ0) is 11.4. The van der Waals surface area contributed by atoms with E-state index in [2.05, 4.69) is 9.97 Å². The van der Waals surface area contributed by atoms with E-state index in [4.69, 9.17) is 10.2 Å². The summed E-state index contributed by atoms with van der Waals surface area (Å²) < 4.78 is 1.91. The highest BCUT2D eigenvalue weighted by Gasteiger charge is 2.10. The van der Waals surface area contributed by atoms with E-state index in [9.17, 15) is 0 Å². The molecule has 2 rings (SSSR count). The van der Waals surface area contributed by atoms with Crippen LogP contribution in [-0.2, 0) is 13.0 Å². The molecule has 0 aromatic carbocycles. The molecule has 5 nitrogen and oxygen atoms in total. The van der Waals surface area contributed by atoms with Crippen LogP contribution in [0.4, 0.5) is 0 Å². The maximum absolute atomic E-state index is 9.02. The van der Waals surface area contributed by atoms with Crippen LogP contribution < -0.4 is 0 Å². The Bertz CT molecular complexity index is 467. The SMILES string of the molecule is OCCCc1nc2cccnc2n1CCO. The van der Waals surface area contributed by atoms with Crippen molar-refractivity contribution >= 4 is 11.2 Å². The molecule has 0 bridgehead atoms. The highest BCUT2D eigenvalue weighted by Crippen LogP contribution is 2.14. The Labute approximate surface area is 93.4 Å². The van der Waals surface area contributed by atoms with Crippen LogP contribution in [-0.4, -0.2) is 38.0 Å². The lowest BCUT2D eigenvalue weighted by molar-refractivity contribution is 0.272. The van der Waals surface area contributed by atoms with Crippen LogP contribution >= 0.6 is 0 Å². The molecule has 0 amide bonds. The maximum Gasteiger partial charge on any atom is 0.160 e. The third-order valence-electron chi connectivity index (χ3n) is 2.46. The number of aliphatic hydroxyl groups is 2. The number of aryl methyl sites for hydroxylation is 1. The Morgan fingerprint density at radius 1 is 1.25 bits per heavy atom. The van der Waals surface area contributed by atoms with E-state index < -0.39 is 0 Å². The number of hydrogen-bond donors (Lipinski definition) is 2. The van der Waals surface area contributed by atoms with Crippen molar-refractivity contribution in [3.63, 3.8) is 0 Å². The standard InChI is InChI=1S/C11H15N3O2/c15-7-2-4-10-13-9-3-1-5-12-11(9)14(10)6-8-16/h1,3,5,15-16H,2,4,6-8H2. The van der Waals surface area contributed by atoms with Gasteiger partial charge < -0.3 is 14.8 Å². The Morgan fingerprint density at radius 3 is 2.88 bits per heavy atom. The smallest absolute Gasteiger partial charge is 0.160 e. The summed E-state index contributed by atoms with van der Waals surface area (Å²) in [5.41, 5.74) is 1.63. The topological polar surface area (TPSA) is 71.2 Å². The van der Waals surface area contributed by atoms with Gasteiger partial charge in [-0.1, -0.05) is 0 Å². The zero-order valence-electron chi connectivity index (χ0n) is 9.00. The quantitative estimate of drug-likeness (QED) is 0.764. The molecule has 2 aromatic heterocycles. The Hall–Kier alpha value is -1.46. The number of aliphatic hydroxyl groups excluding tert-OH is 2. The highest BCUT2D eigenvalue weighted by atomic mass is 16.3. The van der Waals surface area contributed by atoms with Crippen molar-refractivity contribution < 1.29 is 10.2 Å². The lowest BCUT2D eigenvalue weighted by atomic mass is 10.3. The maximum atomic E-state index is 9.02. The van der Waals surface area contributed by atoms with E-state index >= 15 is 0 Å². The largest absolute Gasteiger partial charge is 0.396 e. The van der Waals surface area contributed by atoms with Crippen LogP contribution in [0.2, 0.25) is 0 Å². The van der Waals surface area contributed by atoms with Crippen molar-refractivity contribution in [3.05, 3.63) is 24.2 Å². The number of nitrogens with zero attached hydrogens (tertiary/aromatic N) is 3. The summed E-state index contributed by atoms with van der Waals surface area (Å²) in [4.78, 5) is 8.70. The van der Waals surface area contributed by atoms with Crippen molar-refractivity contribution in [3.8, 4) is 0 Å². The molecule has 16 heavy (non-hydrogen) atoms. The normalized spacial score (nSPS) is 11.1. The summed E-state index contributed by atoms with van der Waals surface area (Å²) in [6, 6.07) is 3.74. The van der Waals surface area contributed by atoms with E-state index in [0.717, 1.165) is 17.0 Å². The van der Waals surface area contributed by atoms with Gasteiger partial charge in [-0.15, -0.1) is 0 Å². The fourth-order valence-electron chi connectivity index (χ4n) is 1.77.